The lowest BCUT2D eigenvalue weighted by Crippen LogP contribution is -2.42. The summed E-state index contributed by atoms with van der Waals surface area (Å²) in [6, 6.07) is 7.54. The lowest BCUT2D eigenvalue weighted by molar-refractivity contribution is -0.136. The van der Waals surface area contributed by atoms with Gasteiger partial charge in [0, 0.05) is 13.7 Å². The van der Waals surface area contributed by atoms with Crippen molar-refractivity contribution in [3.63, 3.8) is 0 Å². The quantitative estimate of drug-likeness (QED) is 0.805. The number of hydrogen-bond donors (Lipinski definition) is 0. The van der Waals surface area contributed by atoms with Crippen LogP contribution in [0.2, 0.25) is 0 Å². The van der Waals surface area contributed by atoms with E-state index in [4.69, 9.17) is 14.2 Å². The molecule has 1 amide bonds. The van der Waals surface area contributed by atoms with E-state index in [9.17, 15) is 4.79 Å². The van der Waals surface area contributed by atoms with Crippen molar-refractivity contribution >= 4 is 5.91 Å². The summed E-state index contributed by atoms with van der Waals surface area (Å²) in [5.74, 6) is 1.43. The highest BCUT2D eigenvalue weighted by atomic mass is 16.6. The first-order valence-corrected chi connectivity index (χ1v) is 6.41. The molecular weight excluding hydrogens is 246 g/mol. The average Bonchev–Trinajstić information content (AvgIpc) is 2.44. The Balaban J connectivity index is 1.86. The van der Waals surface area contributed by atoms with Crippen LogP contribution in [0.5, 0.6) is 11.5 Å². The zero-order chi connectivity index (χ0) is 13.7. The Hall–Kier alpha value is -1.75. The second-order valence-corrected chi connectivity index (χ2v) is 4.41. The average molecular weight is 265 g/mol. The van der Waals surface area contributed by atoms with E-state index in [1.165, 1.54) is 0 Å². The molecule has 1 aromatic rings. The number of carbonyl (C=O) groups is 1. The van der Waals surface area contributed by atoms with E-state index in [-0.39, 0.29) is 18.6 Å². The van der Waals surface area contributed by atoms with Gasteiger partial charge in [-0.05, 0) is 19.1 Å². The van der Waals surface area contributed by atoms with Crippen LogP contribution in [0.4, 0.5) is 0 Å². The minimum atomic E-state index is -0.148. The Morgan fingerprint density at radius 2 is 2.16 bits per heavy atom. The molecule has 0 saturated heterocycles. The maximum absolute atomic E-state index is 11.7. The lowest BCUT2D eigenvalue weighted by atomic mass is 10.2. The smallest absolute Gasteiger partial charge is 0.248 e. The number of rotatable bonds is 5. The molecule has 0 spiro atoms. The summed E-state index contributed by atoms with van der Waals surface area (Å²) in [6.45, 7) is 3.44. The van der Waals surface area contributed by atoms with Gasteiger partial charge in [-0.1, -0.05) is 12.1 Å². The molecule has 2 rings (SSSR count). The summed E-state index contributed by atoms with van der Waals surface area (Å²) in [7, 11) is 1.74. The Morgan fingerprint density at radius 1 is 1.42 bits per heavy atom. The van der Waals surface area contributed by atoms with Crippen LogP contribution in [0.1, 0.15) is 6.92 Å². The van der Waals surface area contributed by atoms with Gasteiger partial charge in [-0.15, -0.1) is 0 Å². The van der Waals surface area contributed by atoms with Crippen molar-refractivity contribution < 1.29 is 19.0 Å². The predicted molar refractivity (Wildman–Crippen MR) is 70.5 cm³/mol. The van der Waals surface area contributed by atoms with Gasteiger partial charge in [0.25, 0.3) is 0 Å². The molecule has 0 N–H and O–H groups in total. The lowest BCUT2D eigenvalue weighted by Gasteiger charge is -2.29. The van der Waals surface area contributed by atoms with E-state index in [0.29, 0.717) is 19.8 Å². The predicted octanol–water partition coefficient (Wildman–Crippen LogP) is 1.32. The third-order valence-electron chi connectivity index (χ3n) is 2.90. The maximum Gasteiger partial charge on any atom is 0.248 e. The molecule has 1 atom stereocenters. The zero-order valence-corrected chi connectivity index (χ0v) is 11.3. The first-order chi connectivity index (χ1) is 9.20. The van der Waals surface area contributed by atoms with Gasteiger partial charge < -0.3 is 19.1 Å². The molecule has 1 heterocycles. The van der Waals surface area contributed by atoms with Crippen LogP contribution in [0.3, 0.4) is 0 Å². The van der Waals surface area contributed by atoms with Gasteiger partial charge in [-0.2, -0.15) is 0 Å². The molecule has 0 aliphatic carbocycles. The monoisotopic (exact) mass is 265 g/mol. The number of ether oxygens (including phenoxy) is 3. The van der Waals surface area contributed by atoms with Crippen molar-refractivity contribution in [1.82, 2.24) is 4.90 Å². The molecule has 0 radical (unpaired) electrons. The van der Waals surface area contributed by atoms with Crippen LogP contribution in [0.25, 0.3) is 0 Å². The molecule has 0 bridgehead atoms. The molecule has 19 heavy (non-hydrogen) atoms. The molecule has 104 valence electrons. The van der Waals surface area contributed by atoms with Gasteiger partial charge in [-0.3, -0.25) is 4.79 Å². The Bertz CT molecular complexity index is 435. The maximum atomic E-state index is 11.7. The highest BCUT2D eigenvalue weighted by molar-refractivity contribution is 5.77. The Labute approximate surface area is 113 Å². The van der Waals surface area contributed by atoms with Gasteiger partial charge in [-0.25, -0.2) is 0 Å². The van der Waals surface area contributed by atoms with Crippen molar-refractivity contribution in [3.8, 4) is 11.5 Å². The van der Waals surface area contributed by atoms with E-state index in [1.807, 2.05) is 31.2 Å². The molecule has 5 nitrogen and oxygen atoms in total. The molecule has 1 aromatic carbocycles. The van der Waals surface area contributed by atoms with Crippen LogP contribution < -0.4 is 9.47 Å². The minimum absolute atomic E-state index is 0.0516. The van der Waals surface area contributed by atoms with E-state index in [1.54, 1.807) is 11.9 Å². The number of likely N-dealkylation sites (N-methyl/N-ethyl adjacent to an activating group) is 1. The first kappa shape index (κ1) is 13.7. The molecule has 0 fully saturated rings. The number of hydrogen-bond acceptors (Lipinski definition) is 4. The van der Waals surface area contributed by atoms with Gasteiger partial charge in [0.1, 0.15) is 13.2 Å². The van der Waals surface area contributed by atoms with E-state index in [2.05, 4.69) is 0 Å². The molecule has 0 saturated carbocycles. The highest BCUT2D eigenvalue weighted by Crippen LogP contribution is 2.30. The Kier molecular flexibility index (Phi) is 4.63. The summed E-state index contributed by atoms with van der Waals surface area (Å²) < 4.78 is 16.5. The fourth-order valence-electron chi connectivity index (χ4n) is 1.86. The van der Waals surface area contributed by atoms with Gasteiger partial charge in [0.05, 0.1) is 6.54 Å². The topological polar surface area (TPSA) is 48.0 Å². The second-order valence-electron chi connectivity index (χ2n) is 4.41. The van der Waals surface area contributed by atoms with Crippen LogP contribution in [0.15, 0.2) is 24.3 Å². The first-order valence-electron chi connectivity index (χ1n) is 6.41. The normalized spacial score (nSPS) is 17.1. The number of nitrogens with zero attached hydrogens (tertiary/aromatic N) is 1. The second kappa shape index (κ2) is 6.43. The van der Waals surface area contributed by atoms with E-state index in [0.717, 1.165) is 11.5 Å². The number of amides is 1. The molecule has 1 aliphatic rings. The minimum Gasteiger partial charge on any atom is -0.486 e. The molecule has 0 unspecified atom stereocenters. The Morgan fingerprint density at radius 3 is 2.89 bits per heavy atom. The van der Waals surface area contributed by atoms with Crippen LogP contribution >= 0.6 is 0 Å². The van der Waals surface area contributed by atoms with Crippen molar-refractivity contribution in [2.75, 3.05) is 33.4 Å². The third kappa shape index (κ3) is 3.61. The van der Waals surface area contributed by atoms with Crippen LogP contribution in [-0.2, 0) is 9.53 Å². The SMILES string of the molecule is CCOCC(=O)N(C)C[C@@H]1COc2ccccc2O1. The standard InChI is InChI=1S/C14H19NO4/c1-3-17-10-14(16)15(2)8-11-9-18-12-6-4-5-7-13(12)19-11/h4-7,11H,3,8-10H2,1-2H3/t11-/m1/s1. The largest absolute Gasteiger partial charge is 0.486 e. The number of fused-ring (bicyclic) bond motifs is 1. The van der Waals surface area contributed by atoms with Crippen molar-refractivity contribution in [1.29, 1.82) is 0 Å². The summed E-state index contributed by atoms with van der Waals surface area (Å²) in [4.78, 5) is 13.3. The van der Waals surface area contributed by atoms with Gasteiger partial charge >= 0.3 is 0 Å². The summed E-state index contributed by atoms with van der Waals surface area (Å²) >= 11 is 0. The van der Waals surface area contributed by atoms with Crippen LogP contribution in [-0.4, -0.2) is 50.3 Å². The number of benzene rings is 1. The van der Waals surface area contributed by atoms with E-state index < -0.39 is 0 Å². The molecular formula is C14H19NO4. The van der Waals surface area contributed by atoms with Crippen molar-refractivity contribution in [2.45, 2.75) is 13.0 Å². The molecule has 5 heteroatoms. The fourth-order valence-corrected chi connectivity index (χ4v) is 1.86. The van der Waals surface area contributed by atoms with Crippen molar-refractivity contribution in [2.24, 2.45) is 0 Å². The van der Waals surface area contributed by atoms with Crippen LogP contribution in [0, 0.1) is 0 Å². The number of para-hydroxylation sites is 2. The number of carbonyl (C=O) groups excluding carboxylic acids is 1. The van der Waals surface area contributed by atoms with Crippen molar-refractivity contribution in [3.05, 3.63) is 24.3 Å². The zero-order valence-electron chi connectivity index (χ0n) is 11.3. The summed E-state index contributed by atoms with van der Waals surface area (Å²) in [5.41, 5.74) is 0. The summed E-state index contributed by atoms with van der Waals surface area (Å²) in [6.07, 6.45) is -0.148. The fraction of sp³-hybridized carbons (Fsp3) is 0.500. The van der Waals surface area contributed by atoms with E-state index >= 15 is 0 Å². The third-order valence-corrected chi connectivity index (χ3v) is 2.90. The molecule has 1 aliphatic heterocycles. The summed E-state index contributed by atoms with van der Waals surface area (Å²) in [5, 5.41) is 0. The van der Waals surface area contributed by atoms with Gasteiger partial charge in [0.2, 0.25) is 5.91 Å². The highest BCUT2D eigenvalue weighted by Gasteiger charge is 2.23. The van der Waals surface area contributed by atoms with Gasteiger partial charge in [0.15, 0.2) is 17.6 Å². The molecule has 0 aromatic heterocycles.